The molecule has 0 aliphatic carbocycles. The Hall–Kier alpha value is -3.62. The molecule has 0 saturated carbocycles. The fourth-order valence-electron chi connectivity index (χ4n) is 4.43. The number of hydrogen-bond donors (Lipinski definition) is 2. The molecule has 0 bridgehead atoms. The molecular weight excluding hydrogens is 468 g/mol. The lowest BCUT2D eigenvalue weighted by molar-refractivity contribution is -0.134. The summed E-state index contributed by atoms with van der Waals surface area (Å²) in [6.45, 7) is 3.51. The summed E-state index contributed by atoms with van der Waals surface area (Å²) in [5, 5.41) is 9.85. The van der Waals surface area contributed by atoms with E-state index in [2.05, 4.69) is 15.8 Å². The number of aromatic amines is 1. The molecule has 35 heavy (non-hydrogen) atoms. The van der Waals surface area contributed by atoms with Crippen molar-refractivity contribution in [1.82, 2.24) is 24.1 Å². The van der Waals surface area contributed by atoms with Gasteiger partial charge in [-0.3, -0.25) is 9.59 Å². The molecule has 1 aliphatic rings. The average Bonchev–Trinajstić information content (AvgIpc) is 3.43. The van der Waals surface area contributed by atoms with Gasteiger partial charge in [0.2, 0.25) is 21.8 Å². The van der Waals surface area contributed by atoms with Gasteiger partial charge in [0.1, 0.15) is 17.8 Å². The number of carbonyl (C=O) groups excluding carboxylic acids is 2. The van der Waals surface area contributed by atoms with E-state index in [0.717, 1.165) is 0 Å². The molecule has 1 aromatic carbocycles. The van der Waals surface area contributed by atoms with Gasteiger partial charge in [-0.05, 0) is 43.2 Å². The molecule has 184 valence electrons. The highest BCUT2D eigenvalue weighted by molar-refractivity contribution is 7.89. The lowest BCUT2D eigenvalue weighted by Gasteiger charge is -2.27. The molecule has 1 atom stereocenters. The van der Waals surface area contributed by atoms with E-state index in [-0.39, 0.29) is 29.7 Å². The summed E-state index contributed by atoms with van der Waals surface area (Å²) in [5.41, 5.74) is 1.11. The topological polar surface area (TPSA) is 131 Å². The van der Waals surface area contributed by atoms with Crippen LogP contribution in [0.2, 0.25) is 0 Å². The zero-order valence-electron chi connectivity index (χ0n) is 19.5. The number of aryl methyl sites for hydroxylation is 1. The van der Waals surface area contributed by atoms with E-state index in [1.54, 1.807) is 57.1 Å². The Labute approximate surface area is 204 Å². The Balaban J connectivity index is 1.59. The molecule has 1 fully saturated rings. The number of nitrogens with one attached hydrogen (secondary N) is 2. The van der Waals surface area contributed by atoms with Crippen LogP contribution in [0.4, 0.5) is 0 Å². The largest absolute Gasteiger partial charge is 0.361 e. The molecule has 2 N–H and O–H groups in total. The number of nitriles is 1. The van der Waals surface area contributed by atoms with Crippen LogP contribution in [0.3, 0.4) is 0 Å². The van der Waals surface area contributed by atoms with Gasteiger partial charge < -0.3 is 19.4 Å². The van der Waals surface area contributed by atoms with E-state index in [4.69, 9.17) is 0 Å². The fraction of sp³-hybridized carbons (Fsp3) is 0.375. The summed E-state index contributed by atoms with van der Waals surface area (Å²) in [4.78, 5) is 31.8. The highest BCUT2D eigenvalue weighted by Crippen LogP contribution is 2.23. The lowest BCUT2D eigenvalue weighted by Crippen LogP contribution is -2.50. The van der Waals surface area contributed by atoms with Crippen molar-refractivity contribution in [2.24, 2.45) is 0 Å². The maximum Gasteiger partial charge on any atom is 0.241 e. The van der Waals surface area contributed by atoms with Crippen LogP contribution in [0.5, 0.6) is 0 Å². The fourth-order valence-corrected chi connectivity index (χ4v) is 5.87. The number of rotatable bonds is 7. The highest BCUT2D eigenvalue weighted by Gasteiger charge is 2.31. The number of carbonyl (C=O) groups is 2. The van der Waals surface area contributed by atoms with Crippen molar-refractivity contribution in [2.45, 2.75) is 37.2 Å². The minimum atomic E-state index is -4.04. The maximum atomic E-state index is 13.6. The van der Waals surface area contributed by atoms with Crippen LogP contribution in [-0.4, -0.2) is 71.8 Å². The third kappa shape index (κ3) is 5.39. The van der Waals surface area contributed by atoms with Crippen molar-refractivity contribution in [3.63, 3.8) is 0 Å². The van der Waals surface area contributed by atoms with E-state index < -0.39 is 16.1 Å². The molecule has 2 aromatic heterocycles. The number of nitrogens with zero attached hydrogens (tertiary/aromatic N) is 4. The van der Waals surface area contributed by atoms with Crippen LogP contribution in [0.25, 0.3) is 10.9 Å². The van der Waals surface area contributed by atoms with Crippen molar-refractivity contribution in [3.8, 4) is 6.07 Å². The van der Waals surface area contributed by atoms with Gasteiger partial charge in [-0.1, -0.05) is 6.07 Å². The number of sulfonamides is 1. The van der Waals surface area contributed by atoms with Crippen LogP contribution in [0.15, 0.2) is 53.7 Å². The first kappa shape index (κ1) is 24.5. The van der Waals surface area contributed by atoms with E-state index in [1.807, 2.05) is 0 Å². The standard InChI is InChI=1S/C24H28N6O4S/c1-18(31)28-12-4-13-30(16-15-28)24(32)22(9-14-29-11-3-5-19(29)17-25)27-35(33,34)23-7-2-6-21-20(23)8-10-26-21/h2-3,5-8,10-11,22,26-27H,4,9,12-16H2,1H3. The van der Waals surface area contributed by atoms with Gasteiger partial charge in [0.15, 0.2) is 0 Å². The predicted octanol–water partition coefficient (Wildman–Crippen LogP) is 1.66. The van der Waals surface area contributed by atoms with Crippen molar-refractivity contribution >= 4 is 32.7 Å². The second-order valence-electron chi connectivity index (χ2n) is 8.54. The molecule has 3 heterocycles. The summed E-state index contributed by atoms with van der Waals surface area (Å²) in [6.07, 6.45) is 4.17. The van der Waals surface area contributed by atoms with Crippen LogP contribution >= 0.6 is 0 Å². The van der Waals surface area contributed by atoms with Crippen molar-refractivity contribution < 1.29 is 18.0 Å². The van der Waals surface area contributed by atoms with Gasteiger partial charge in [-0.15, -0.1) is 0 Å². The highest BCUT2D eigenvalue weighted by atomic mass is 32.2. The van der Waals surface area contributed by atoms with Gasteiger partial charge >= 0.3 is 0 Å². The Morgan fingerprint density at radius 2 is 1.89 bits per heavy atom. The van der Waals surface area contributed by atoms with E-state index in [9.17, 15) is 23.3 Å². The normalized spacial score (nSPS) is 15.5. The Kier molecular flexibility index (Phi) is 7.23. The average molecular weight is 497 g/mol. The number of H-pyrrole nitrogens is 1. The summed E-state index contributed by atoms with van der Waals surface area (Å²) >= 11 is 0. The molecule has 10 nitrogen and oxygen atoms in total. The molecule has 11 heteroatoms. The first-order valence-corrected chi connectivity index (χ1v) is 13.0. The van der Waals surface area contributed by atoms with Crippen LogP contribution < -0.4 is 4.72 Å². The van der Waals surface area contributed by atoms with Gasteiger partial charge in [0, 0.05) is 62.9 Å². The molecule has 4 rings (SSSR count). The first-order valence-electron chi connectivity index (χ1n) is 11.5. The molecule has 2 amide bonds. The zero-order chi connectivity index (χ0) is 25.0. The van der Waals surface area contributed by atoms with Crippen LogP contribution in [0, 0.1) is 11.3 Å². The predicted molar refractivity (Wildman–Crippen MR) is 130 cm³/mol. The van der Waals surface area contributed by atoms with Crippen molar-refractivity contribution in [1.29, 1.82) is 5.26 Å². The zero-order valence-corrected chi connectivity index (χ0v) is 20.3. The second kappa shape index (κ2) is 10.3. The number of hydrogen-bond acceptors (Lipinski definition) is 5. The van der Waals surface area contributed by atoms with Crippen LogP contribution in [-0.2, 0) is 26.2 Å². The van der Waals surface area contributed by atoms with E-state index >= 15 is 0 Å². The molecule has 1 saturated heterocycles. The van der Waals surface area contributed by atoms with Crippen molar-refractivity contribution in [3.05, 3.63) is 54.5 Å². The quantitative estimate of drug-likeness (QED) is 0.514. The third-order valence-corrected chi connectivity index (χ3v) is 7.83. The Bertz CT molecular complexity index is 1370. The molecule has 0 radical (unpaired) electrons. The van der Waals surface area contributed by atoms with E-state index in [0.29, 0.717) is 49.2 Å². The summed E-state index contributed by atoms with van der Waals surface area (Å²) < 4.78 is 31.2. The van der Waals surface area contributed by atoms with E-state index in [1.165, 1.54) is 13.0 Å². The lowest BCUT2D eigenvalue weighted by atomic mass is 10.2. The Morgan fingerprint density at radius 1 is 1.11 bits per heavy atom. The van der Waals surface area contributed by atoms with Gasteiger partial charge in [-0.2, -0.15) is 9.98 Å². The van der Waals surface area contributed by atoms with Gasteiger partial charge in [-0.25, -0.2) is 8.42 Å². The maximum absolute atomic E-state index is 13.6. The summed E-state index contributed by atoms with van der Waals surface area (Å²) in [5.74, 6) is -0.390. The number of benzene rings is 1. The Morgan fingerprint density at radius 3 is 2.66 bits per heavy atom. The number of aromatic nitrogens is 2. The first-order chi connectivity index (χ1) is 16.8. The summed E-state index contributed by atoms with van der Waals surface area (Å²) in [6, 6.07) is 11.1. The second-order valence-corrected chi connectivity index (χ2v) is 10.2. The minimum Gasteiger partial charge on any atom is -0.361 e. The SMILES string of the molecule is CC(=O)N1CCCN(C(=O)C(CCn2cccc2C#N)NS(=O)(=O)c2cccc3[nH]ccc23)CC1. The number of fused-ring (bicyclic) bond motifs is 1. The smallest absolute Gasteiger partial charge is 0.241 e. The van der Waals surface area contributed by atoms with Gasteiger partial charge in [0.05, 0.1) is 4.90 Å². The van der Waals surface area contributed by atoms with Crippen molar-refractivity contribution in [2.75, 3.05) is 26.2 Å². The number of amides is 2. The monoisotopic (exact) mass is 496 g/mol. The molecule has 1 unspecified atom stereocenters. The molecular formula is C24H28N6O4S. The van der Waals surface area contributed by atoms with Crippen LogP contribution in [0.1, 0.15) is 25.5 Å². The van der Waals surface area contributed by atoms with Gasteiger partial charge in [0.25, 0.3) is 0 Å². The minimum absolute atomic E-state index is 0.0483. The molecule has 1 aliphatic heterocycles. The third-order valence-electron chi connectivity index (χ3n) is 6.30. The molecule has 0 spiro atoms. The summed E-state index contributed by atoms with van der Waals surface area (Å²) in [7, 11) is -4.04. The molecule has 3 aromatic rings.